The summed E-state index contributed by atoms with van der Waals surface area (Å²) in [6.45, 7) is 0. The van der Waals surface area contributed by atoms with Crippen LogP contribution in [0.3, 0.4) is 0 Å². The molecule has 0 unspecified atom stereocenters. The number of aromatic nitrogens is 2. The van der Waals surface area contributed by atoms with Gasteiger partial charge >= 0.3 is 0 Å². The zero-order valence-electron chi connectivity index (χ0n) is 28.8. The van der Waals surface area contributed by atoms with Crippen molar-refractivity contribution in [2.45, 2.75) is 0 Å². The highest BCUT2D eigenvalue weighted by atomic mass is 16.3. The topological polar surface area (TPSA) is 38.9 Å². The molecule has 0 N–H and O–H groups in total. The number of hydrogen-bond acceptors (Lipinski definition) is 3. The fourth-order valence-corrected chi connectivity index (χ4v) is 7.44. The van der Waals surface area contributed by atoms with Crippen molar-refractivity contribution in [2.24, 2.45) is 0 Å². The number of nitrogens with zero attached hydrogens (tertiary/aromatic N) is 2. The van der Waals surface area contributed by atoms with Crippen LogP contribution in [-0.4, -0.2) is 9.97 Å². The monoisotopic (exact) mass is 676 g/mol. The molecule has 0 bridgehead atoms. The van der Waals surface area contributed by atoms with Gasteiger partial charge in [0.2, 0.25) is 0 Å². The van der Waals surface area contributed by atoms with Crippen molar-refractivity contribution in [3.63, 3.8) is 0 Å². The number of rotatable bonds is 6. The number of fused-ring (bicyclic) bond motifs is 4. The molecule has 0 aliphatic rings. The Morgan fingerprint density at radius 2 is 0.811 bits per heavy atom. The van der Waals surface area contributed by atoms with Crippen LogP contribution in [0.1, 0.15) is 0 Å². The molecule has 8 aromatic carbocycles. The molecule has 0 amide bonds. The molecule has 53 heavy (non-hydrogen) atoms. The molecular formula is C50H32N2O. The molecule has 0 radical (unpaired) electrons. The molecular weight excluding hydrogens is 645 g/mol. The second-order valence-electron chi connectivity index (χ2n) is 13.4. The molecule has 0 atom stereocenters. The minimum atomic E-state index is 0.660. The summed E-state index contributed by atoms with van der Waals surface area (Å²) in [6.07, 6.45) is 0. The van der Waals surface area contributed by atoms with Crippen molar-refractivity contribution >= 4 is 32.8 Å². The van der Waals surface area contributed by atoms with Crippen molar-refractivity contribution < 1.29 is 4.42 Å². The summed E-state index contributed by atoms with van der Waals surface area (Å²) >= 11 is 0. The SMILES string of the molecule is c1ccc(-c2cc(-c3ccccc3)cc(-c3cccc(-c4cccc(-c5nc(-c6cccc7ccccc67)c6oc7ccccc7c6n5)c4)c3)c2)cc1. The van der Waals surface area contributed by atoms with Crippen molar-refractivity contribution in [3.8, 4) is 67.2 Å². The van der Waals surface area contributed by atoms with E-state index < -0.39 is 0 Å². The predicted octanol–water partition coefficient (Wildman–Crippen LogP) is 13.5. The molecule has 248 valence electrons. The summed E-state index contributed by atoms with van der Waals surface area (Å²) in [6, 6.07) is 68.3. The van der Waals surface area contributed by atoms with Gasteiger partial charge in [-0.1, -0.05) is 152 Å². The zero-order valence-corrected chi connectivity index (χ0v) is 28.8. The third-order valence-corrected chi connectivity index (χ3v) is 10.1. The number of benzene rings is 8. The van der Waals surface area contributed by atoms with Gasteiger partial charge in [0, 0.05) is 16.5 Å². The lowest BCUT2D eigenvalue weighted by Gasteiger charge is -2.13. The smallest absolute Gasteiger partial charge is 0.180 e. The Morgan fingerprint density at radius 3 is 1.51 bits per heavy atom. The maximum Gasteiger partial charge on any atom is 0.180 e. The van der Waals surface area contributed by atoms with Gasteiger partial charge in [-0.25, -0.2) is 9.97 Å². The maximum absolute atomic E-state index is 6.47. The Morgan fingerprint density at radius 1 is 0.340 bits per heavy atom. The van der Waals surface area contributed by atoms with Gasteiger partial charge in [0.1, 0.15) is 16.8 Å². The van der Waals surface area contributed by atoms with Crippen LogP contribution in [0, 0.1) is 0 Å². The number of para-hydroxylation sites is 1. The minimum Gasteiger partial charge on any atom is -0.452 e. The third kappa shape index (κ3) is 5.65. The fourth-order valence-electron chi connectivity index (χ4n) is 7.44. The summed E-state index contributed by atoms with van der Waals surface area (Å²) in [4.78, 5) is 10.4. The van der Waals surface area contributed by atoms with Crippen molar-refractivity contribution in [1.82, 2.24) is 9.97 Å². The average molecular weight is 677 g/mol. The lowest BCUT2D eigenvalue weighted by molar-refractivity contribution is 0.667. The van der Waals surface area contributed by atoms with E-state index in [1.807, 2.05) is 18.2 Å². The Hall–Kier alpha value is -7.10. The summed E-state index contributed by atoms with van der Waals surface area (Å²) in [5.41, 5.74) is 14.4. The second-order valence-corrected chi connectivity index (χ2v) is 13.4. The van der Waals surface area contributed by atoms with Crippen LogP contribution in [0.4, 0.5) is 0 Å². The Labute approximate surface area is 307 Å². The van der Waals surface area contributed by atoms with Crippen LogP contribution < -0.4 is 0 Å². The molecule has 0 saturated carbocycles. The molecule has 10 rings (SSSR count). The molecule has 3 heteroatoms. The first-order valence-corrected chi connectivity index (χ1v) is 17.9. The standard InChI is InChI=1S/C50H32N2O/c1-3-14-33(15-4-1)40-30-41(34-16-5-2-6-17-34)32-42(31-40)38-22-11-20-36(28-38)37-21-12-23-39(29-37)50-51-47(44-26-13-19-35-18-7-8-24-43(35)44)49-48(52-50)45-25-9-10-27-46(45)53-49/h1-32H. The molecule has 2 aromatic heterocycles. The van der Waals surface area contributed by atoms with Crippen LogP contribution in [0.2, 0.25) is 0 Å². The van der Waals surface area contributed by atoms with E-state index in [0.29, 0.717) is 11.4 Å². The van der Waals surface area contributed by atoms with Crippen LogP contribution in [-0.2, 0) is 0 Å². The van der Waals surface area contributed by atoms with Gasteiger partial charge in [-0.05, 0) is 97.7 Å². The van der Waals surface area contributed by atoms with E-state index in [-0.39, 0.29) is 0 Å². The van der Waals surface area contributed by atoms with Gasteiger partial charge in [-0.15, -0.1) is 0 Å². The Kier molecular flexibility index (Phi) is 7.47. The molecule has 10 aromatic rings. The molecule has 0 saturated heterocycles. The molecule has 0 fully saturated rings. The fraction of sp³-hybridized carbons (Fsp3) is 0. The summed E-state index contributed by atoms with van der Waals surface area (Å²) < 4.78 is 6.47. The van der Waals surface area contributed by atoms with Crippen LogP contribution in [0.15, 0.2) is 199 Å². The molecule has 2 heterocycles. The molecule has 0 aliphatic carbocycles. The first kappa shape index (κ1) is 30.7. The lowest BCUT2D eigenvalue weighted by atomic mass is 9.92. The van der Waals surface area contributed by atoms with Crippen molar-refractivity contribution in [1.29, 1.82) is 0 Å². The second kappa shape index (κ2) is 12.9. The van der Waals surface area contributed by atoms with E-state index in [4.69, 9.17) is 14.4 Å². The summed E-state index contributed by atoms with van der Waals surface area (Å²) in [5, 5.41) is 3.25. The first-order chi connectivity index (χ1) is 26.2. The van der Waals surface area contributed by atoms with Crippen molar-refractivity contribution in [3.05, 3.63) is 194 Å². The van der Waals surface area contributed by atoms with Gasteiger partial charge in [0.25, 0.3) is 0 Å². The van der Waals surface area contributed by atoms with E-state index in [1.54, 1.807) is 0 Å². The highest BCUT2D eigenvalue weighted by Crippen LogP contribution is 2.39. The molecule has 3 nitrogen and oxygen atoms in total. The molecule has 0 spiro atoms. The number of furan rings is 1. The van der Waals surface area contributed by atoms with Gasteiger partial charge in [-0.3, -0.25) is 0 Å². The predicted molar refractivity (Wildman–Crippen MR) is 219 cm³/mol. The Bertz CT molecular complexity index is 2880. The first-order valence-electron chi connectivity index (χ1n) is 17.9. The van der Waals surface area contributed by atoms with Crippen LogP contribution >= 0.6 is 0 Å². The average Bonchev–Trinajstić information content (AvgIpc) is 3.62. The van der Waals surface area contributed by atoms with Gasteiger partial charge < -0.3 is 4.42 Å². The highest BCUT2D eigenvalue weighted by Gasteiger charge is 2.20. The molecule has 0 aliphatic heterocycles. The van der Waals surface area contributed by atoms with E-state index in [0.717, 1.165) is 60.8 Å². The lowest BCUT2D eigenvalue weighted by Crippen LogP contribution is -1.95. The zero-order chi connectivity index (χ0) is 35.1. The Balaban J connectivity index is 1.10. The van der Waals surface area contributed by atoms with E-state index in [9.17, 15) is 0 Å². The minimum absolute atomic E-state index is 0.660. The highest BCUT2D eigenvalue weighted by molar-refractivity contribution is 6.10. The van der Waals surface area contributed by atoms with Crippen molar-refractivity contribution in [2.75, 3.05) is 0 Å². The van der Waals surface area contributed by atoms with E-state index >= 15 is 0 Å². The summed E-state index contributed by atoms with van der Waals surface area (Å²) in [7, 11) is 0. The van der Waals surface area contributed by atoms with E-state index in [1.165, 1.54) is 27.8 Å². The quantitative estimate of drug-likeness (QED) is 0.176. The normalized spacial score (nSPS) is 11.4. The van der Waals surface area contributed by atoms with Crippen LogP contribution in [0.5, 0.6) is 0 Å². The third-order valence-electron chi connectivity index (χ3n) is 10.1. The van der Waals surface area contributed by atoms with Crippen LogP contribution in [0.25, 0.3) is 100.0 Å². The summed E-state index contributed by atoms with van der Waals surface area (Å²) in [5.74, 6) is 0.660. The largest absolute Gasteiger partial charge is 0.452 e. The van der Waals surface area contributed by atoms with E-state index in [2.05, 4.69) is 176 Å². The van der Waals surface area contributed by atoms with Gasteiger partial charge in [-0.2, -0.15) is 0 Å². The van der Waals surface area contributed by atoms with Gasteiger partial charge in [0.15, 0.2) is 11.4 Å². The van der Waals surface area contributed by atoms with Gasteiger partial charge in [0.05, 0.1) is 0 Å². The maximum atomic E-state index is 6.47. The number of hydrogen-bond donors (Lipinski definition) is 0.